The van der Waals surface area contributed by atoms with Crippen LogP contribution in [-0.2, 0) is 0 Å². The van der Waals surface area contributed by atoms with Gasteiger partial charge in [0.05, 0.1) is 23.9 Å². The zero-order valence-corrected chi connectivity index (χ0v) is 12.6. The van der Waals surface area contributed by atoms with Crippen LogP contribution in [-0.4, -0.2) is 29.7 Å². The fourth-order valence-electron chi connectivity index (χ4n) is 2.91. The molecule has 2 heterocycles. The van der Waals surface area contributed by atoms with E-state index in [0.717, 1.165) is 54.7 Å². The fraction of sp³-hybridized carbons (Fsp3) is 0.471. The van der Waals surface area contributed by atoms with E-state index in [4.69, 9.17) is 10.00 Å². The van der Waals surface area contributed by atoms with Gasteiger partial charge in [-0.15, -0.1) is 0 Å². The average Bonchev–Trinajstić information content (AvgIpc) is 2.59. The van der Waals surface area contributed by atoms with Crippen LogP contribution in [0.25, 0.3) is 10.9 Å². The fourth-order valence-corrected chi connectivity index (χ4v) is 2.91. The molecule has 0 amide bonds. The van der Waals surface area contributed by atoms with Crippen molar-refractivity contribution in [1.29, 1.82) is 5.26 Å². The number of nitrogens with zero attached hydrogens (tertiary/aromatic N) is 3. The maximum Gasteiger partial charge on any atom is 0.121 e. The van der Waals surface area contributed by atoms with Crippen molar-refractivity contribution in [3.8, 4) is 11.8 Å². The van der Waals surface area contributed by atoms with Crippen molar-refractivity contribution in [3.05, 3.63) is 30.2 Å². The number of rotatable bonds is 5. The predicted octanol–water partition coefficient (Wildman–Crippen LogP) is 2.78. The van der Waals surface area contributed by atoms with Gasteiger partial charge in [-0.25, -0.2) is 9.97 Å². The number of ether oxygens (including phenoxy) is 1. The van der Waals surface area contributed by atoms with E-state index in [9.17, 15) is 0 Å². The minimum atomic E-state index is 0.508. The molecule has 1 aliphatic heterocycles. The van der Waals surface area contributed by atoms with Gasteiger partial charge in [0, 0.05) is 23.8 Å². The Hall–Kier alpha value is -2.19. The van der Waals surface area contributed by atoms with Crippen molar-refractivity contribution in [3.63, 3.8) is 0 Å². The van der Waals surface area contributed by atoms with Crippen molar-refractivity contribution in [2.45, 2.75) is 31.6 Å². The number of aromatic nitrogens is 2. The van der Waals surface area contributed by atoms with E-state index in [1.165, 1.54) is 0 Å². The molecule has 3 rings (SSSR count). The highest BCUT2D eigenvalue weighted by atomic mass is 16.5. The minimum absolute atomic E-state index is 0.508. The van der Waals surface area contributed by atoms with Gasteiger partial charge in [0.1, 0.15) is 12.1 Å². The first kappa shape index (κ1) is 14.7. The summed E-state index contributed by atoms with van der Waals surface area (Å²) in [6, 6.07) is 8.12. The van der Waals surface area contributed by atoms with Gasteiger partial charge in [0.25, 0.3) is 0 Å². The molecular formula is C17H20N4O. The molecule has 1 aromatic heterocycles. The second-order valence-corrected chi connectivity index (χ2v) is 5.57. The summed E-state index contributed by atoms with van der Waals surface area (Å²) in [5, 5.41) is 13.0. The third kappa shape index (κ3) is 3.34. The van der Waals surface area contributed by atoms with Crippen molar-refractivity contribution >= 4 is 10.9 Å². The third-order valence-electron chi connectivity index (χ3n) is 4.07. The zero-order chi connectivity index (χ0) is 15.2. The maximum atomic E-state index is 8.53. The normalized spacial score (nSPS) is 15.6. The summed E-state index contributed by atoms with van der Waals surface area (Å²) < 4.78 is 5.68. The number of nitrogens with one attached hydrogen (secondary N) is 1. The monoisotopic (exact) mass is 296 g/mol. The Morgan fingerprint density at radius 3 is 2.95 bits per heavy atom. The van der Waals surface area contributed by atoms with E-state index in [-0.39, 0.29) is 0 Å². The number of fused-ring (bicyclic) bond motifs is 1. The molecule has 0 spiro atoms. The summed E-state index contributed by atoms with van der Waals surface area (Å²) in [5.74, 6) is 1.31. The second-order valence-electron chi connectivity index (χ2n) is 5.57. The van der Waals surface area contributed by atoms with Crippen LogP contribution in [0.3, 0.4) is 0 Å². The lowest BCUT2D eigenvalue weighted by Crippen LogP contribution is -2.27. The largest absolute Gasteiger partial charge is 0.493 e. The Morgan fingerprint density at radius 1 is 1.27 bits per heavy atom. The van der Waals surface area contributed by atoms with Crippen LogP contribution in [0.4, 0.5) is 0 Å². The van der Waals surface area contributed by atoms with Gasteiger partial charge >= 0.3 is 0 Å². The molecule has 1 aromatic carbocycles. The van der Waals surface area contributed by atoms with Gasteiger partial charge in [0.15, 0.2) is 0 Å². The topological polar surface area (TPSA) is 70.8 Å². The molecular weight excluding hydrogens is 276 g/mol. The summed E-state index contributed by atoms with van der Waals surface area (Å²) >= 11 is 0. The SMILES string of the molecule is N#CCCCOc1ccc2c(C3CCNCC3)ncnc2c1. The van der Waals surface area contributed by atoms with Crippen LogP contribution in [0, 0.1) is 11.3 Å². The number of hydrogen-bond acceptors (Lipinski definition) is 5. The molecule has 1 aliphatic rings. The van der Waals surface area contributed by atoms with E-state index in [0.29, 0.717) is 18.9 Å². The first-order chi connectivity index (χ1) is 10.9. The first-order valence-electron chi connectivity index (χ1n) is 7.83. The molecule has 0 saturated carbocycles. The van der Waals surface area contributed by atoms with Crippen molar-refractivity contribution in [2.24, 2.45) is 0 Å². The van der Waals surface area contributed by atoms with Crippen molar-refractivity contribution < 1.29 is 4.74 Å². The van der Waals surface area contributed by atoms with E-state index in [2.05, 4.69) is 27.4 Å². The Bertz CT molecular complexity index is 674. The molecule has 0 unspecified atom stereocenters. The summed E-state index contributed by atoms with van der Waals surface area (Å²) in [6.45, 7) is 2.66. The predicted molar refractivity (Wildman–Crippen MR) is 84.7 cm³/mol. The molecule has 1 saturated heterocycles. The Morgan fingerprint density at radius 2 is 2.14 bits per heavy atom. The molecule has 0 radical (unpaired) electrons. The molecule has 5 nitrogen and oxygen atoms in total. The highest BCUT2D eigenvalue weighted by Gasteiger charge is 2.19. The molecule has 2 aromatic rings. The average molecular weight is 296 g/mol. The first-order valence-corrected chi connectivity index (χ1v) is 7.83. The van der Waals surface area contributed by atoms with Crippen LogP contribution in [0.1, 0.15) is 37.3 Å². The van der Waals surface area contributed by atoms with E-state index in [1.807, 2.05) is 12.1 Å². The maximum absolute atomic E-state index is 8.53. The zero-order valence-electron chi connectivity index (χ0n) is 12.6. The van der Waals surface area contributed by atoms with E-state index in [1.54, 1.807) is 6.33 Å². The van der Waals surface area contributed by atoms with Gasteiger partial charge in [-0.2, -0.15) is 5.26 Å². The van der Waals surface area contributed by atoms with Crippen LogP contribution < -0.4 is 10.1 Å². The summed E-state index contributed by atoms with van der Waals surface area (Å²) in [6.07, 6.45) is 5.17. The number of benzene rings is 1. The molecule has 5 heteroatoms. The number of hydrogen-bond donors (Lipinski definition) is 1. The molecule has 114 valence electrons. The van der Waals surface area contributed by atoms with Gasteiger partial charge < -0.3 is 10.1 Å². The van der Waals surface area contributed by atoms with Crippen LogP contribution >= 0.6 is 0 Å². The van der Waals surface area contributed by atoms with E-state index >= 15 is 0 Å². The van der Waals surface area contributed by atoms with Gasteiger partial charge in [-0.3, -0.25) is 0 Å². The molecule has 22 heavy (non-hydrogen) atoms. The Kier molecular flexibility index (Phi) is 4.81. The lowest BCUT2D eigenvalue weighted by Gasteiger charge is -2.23. The summed E-state index contributed by atoms with van der Waals surface area (Å²) in [7, 11) is 0. The van der Waals surface area contributed by atoms with Crippen LogP contribution in [0.15, 0.2) is 24.5 Å². The quantitative estimate of drug-likeness (QED) is 0.859. The van der Waals surface area contributed by atoms with Crippen LogP contribution in [0.2, 0.25) is 0 Å². The highest BCUT2D eigenvalue weighted by molar-refractivity contribution is 5.82. The third-order valence-corrected chi connectivity index (χ3v) is 4.07. The second kappa shape index (κ2) is 7.19. The van der Waals surface area contributed by atoms with Crippen LogP contribution in [0.5, 0.6) is 5.75 Å². The smallest absolute Gasteiger partial charge is 0.121 e. The molecule has 0 atom stereocenters. The Labute approximate surface area is 130 Å². The van der Waals surface area contributed by atoms with Gasteiger partial charge in [-0.05, 0) is 44.5 Å². The van der Waals surface area contributed by atoms with E-state index < -0.39 is 0 Å². The number of piperidine rings is 1. The number of unbranched alkanes of at least 4 members (excludes halogenated alkanes) is 1. The number of nitriles is 1. The lowest BCUT2D eigenvalue weighted by molar-refractivity contribution is 0.313. The summed E-state index contributed by atoms with van der Waals surface area (Å²) in [5.41, 5.74) is 2.09. The molecule has 0 bridgehead atoms. The van der Waals surface area contributed by atoms with Gasteiger partial charge in [-0.1, -0.05) is 0 Å². The van der Waals surface area contributed by atoms with Gasteiger partial charge in [0.2, 0.25) is 0 Å². The standard InChI is InChI=1S/C17H20N4O/c18-7-1-2-10-22-14-3-4-15-16(11-14)20-12-21-17(15)13-5-8-19-9-6-13/h3-4,11-13,19H,1-2,5-6,8-10H2. The molecule has 1 fully saturated rings. The molecule has 1 N–H and O–H groups in total. The minimum Gasteiger partial charge on any atom is -0.493 e. The van der Waals surface area contributed by atoms with Crippen molar-refractivity contribution in [1.82, 2.24) is 15.3 Å². The molecule has 0 aliphatic carbocycles. The lowest BCUT2D eigenvalue weighted by atomic mass is 9.92. The highest BCUT2D eigenvalue weighted by Crippen LogP contribution is 2.30. The van der Waals surface area contributed by atoms with Crippen molar-refractivity contribution in [2.75, 3.05) is 19.7 Å². The summed E-state index contributed by atoms with van der Waals surface area (Å²) in [4.78, 5) is 8.91. The Balaban J connectivity index is 1.79.